The van der Waals surface area contributed by atoms with E-state index in [2.05, 4.69) is 23.1 Å². The predicted molar refractivity (Wildman–Crippen MR) is 76.0 cm³/mol. The zero-order valence-corrected chi connectivity index (χ0v) is 11.5. The number of fused-ring (bicyclic) bond motifs is 1. The van der Waals surface area contributed by atoms with Gasteiger partial charge in [0.1, 0.15) is 6.07 Å². The van der Waals surface area contributed by atoms with Crippen LogP contribution in [0.3, 0.4) is 0 Å². The summed E-state index contributed by atoms with van der Waals surface area (Å²) in [7, 11) is 0. The van der Waals surface area contributed by atoms with Gasteiger partial charge in [0.05, 0.1) is 11.3 Å². The summed E-state index contributed by atoms with van der Waals surface area (Å²) in [5.41, 5.74) is 2.02. The molecule has 1 aliphatic heterocycles. The van der Waals surface area contributed by atoms with Crippen molar-refractivity contribution in [2.45, 2.75) is 24.2 Å². The van der Waals surface area contributed by atoms with Crippen molar-refractivity contribution in [3.63, 3.8) is 0 Å². The van der Waals surface area contributed by atoms with Crippen LogP contribution >= 0.6 is 11.8 Å². The molecule has 1 heterocycles. The van der Waals surface area contributed by atoms with Crippen LogP contribution in [-0.2, 0) is 0 Å². The Hall–Kier alpha value is -1.14. The fourth-order valence-electron chi connectivity index (χ4n) is 3.50. The van der Waals surface area contributed by atoms with E-state index in [1.165, 1.54) is 19.3 Å². The molecule has 1 aromatic rings. The fraction of sp³-hybridized carbons (Fsp3) is 0.533. The number of nitriles is 1. The molecule has 0 N–H and O–H groups in total. The number of hydrogen-bond acceptors (Lipinski definition) is 3. The lowest BCUT2D eigenvalue weighted by Crippen LogP contribution is -2.21. The van der Waals surface area contributed by atoms with Gasteiger partial charge in [-0.1, -0.05) is 12.5 Å². The van der Waals surface area contributed by atoms with E-state index in [0.717, 1.165) is 41.1 Å². The second-order valence-electron chi connectivity index (χ2n) is 5.32. The fourth-order valence-corrected chi connectivity index (χ4v) is 4.07. The van der Waals surface area contributed by atoms with Gasteiger partial charge in [-0.05, 0) is 43.1 Å². The maximum absolute atomic E-state index is 9.40. The third-order valence-corrected chi connectivity index (χ3v) is 5.18. The second kappa shape index (κ2) is 4.85. The molecule has 1 saturated heterocycles. The molecule has 0 aromatic heterocycles. The Bertz CT molecular complexity index is 480. The van der Waals surface area contributed by atoms with Gasteiger partial charge < -0.3 is 4.90 Å². The van der Waals surface area contributed by atoms with E-state index < -0.39 is 0 Å². The van der Waals surface area contributed by atoms with Crippen LogP contribution in [0.15, 0.2) is 23.1 Å². The Morgan fingerprint density at radius 1 is 1.28 bits per heavy atom. The number of thioether (sulfide) groups is 1. The number of anilines is 1. The Balaban J connectivity index is 1.91. The summed E-state index contributed by atoms with van der Waals surface area (Å²) in [4.78, 5) is 3.54. The molecule has 2 unspecified atom stereocenters. The molecule has 1 aromatic carbocycles. The summed E-state index contributed by atoms with van der Waals surface area (Å²) in [6.07, 6.45) is 6.20. The van der Waals surface area contributed by atoms with E-state index in [0.29, 0.717) is 0 Å². The van der Waals surface area contributed by atoms with E-state index >= 15 is 0 Å². The molecule has 2 atom stereocenters. The summed E-state index contributed by atoms with van der Waals surface area (Å²) in [6, 6.07) is 8.63. The van der Waals surface area contributed by atoms with Crippen molar-refractivity contribution < 1.29 is 0 Å². The van der Waals surface area contributed by atoms with Gasteiger partial charge in [0.15, 0.2) is 0 Å². The van der Waals surface area contributed by atoms with Crippen molar-refractivity contribution in [1.82, 2.24) is 0 Å². The summed E-state index contributed by atoms with van der Waals surface area (Å²) < 4.78 is 0. The van der Waals surface area contributed by atoms with Crippen molar-refractivity contribution >= 4 is 17.4 Å². The normalized spacial score (nSPS) is 26.1. The molecule has 94 valence electrons. The lowest BCUT2D eigenvalue weighted by Gasteiger charge is -2.21. The number of hydrogen-bond donors (Lipinski definition) is 0. The minimum atomic E-state index is 0.866. The first-order valence-electron chi connectivity index (χ1n) is 6.65. The zero-order chi connectivity index (χ0) is 12.5. The standard InChI is InChI=1S/C15H18N2S/c1-18-15-7-3-6-14(13(15)8-16)17-9-11-4-2-5-12(11)10-17/h3,6-7,11-12H,2,4-5,9-10H2,1H3. The number of benzene rings is 1. The average molecular weight is 258 g/mol. The minimum Gasteiger partial charge on any atom is -0.370 e. The minimum absolute atomic E-state index is 0.866. The predicted octanol–water partition coefficient (Wildman–Crippen LogP) is 3.52. The molecule has 1 saturated carbocycles. The zero-order valence-electron chi connectivity index (χ0n) is 10.7. The van der Waals surface area contributed by atoms with Gasteiger partial charge in [-0.2, -0.15) is 5.26 Å². The second-order valence-corrected chi connectivity index (χ2v) is 6.17. The number of nitrogens with zero attached hydrogens (tertiary/aromatic N) is 2. The SMILES string of the molecule is CSc1cccc(N2CC3CCCC3C2)c1C#N. The lowest BCUT2D eigenvalue weighted by atomic mass is 10.0. The van der Waals surface area contributed by atoms with E-state index in [9.17, 15) is 5.26 Å². The van der Waals surface area contributed by atoms with Crippen LogP contribution in [0.5, 0.6) is 0 Å². The smallest absolute Gasteiger partial charge is 0.103 e. The van der Waals surface area contributed by atoms with Crippen LogP contribution in [-0.4, -0.2) is 19.3 Å². The van der Waals surface area contributed by atoms with Gasteiger partial charge in [0, 0.05) is 18.0 Å². The van der Waals surface area contributed by atoms with Crippen LogP contribution in [0, 0.1) is 23.2 Å². The molecule has 0 amide bonds. The molecular weight excluding hydrogens is 240 g/mol. The van der Waals surface area contributed by atoms with Crippen molar-refractivity contribution in [1.29, 1.82) is 5.26 Å². The lowest BCUT2D eigenvalue weighted by molar-refractivity contribution is 0.494. The largest absolute Gasteiger partial charge is 0.370 e. The summed E-state index contributed by atoms with van der Waals surface area (Å²) >= 11 is 1.67. The molecule has 18 heavy (non-hydrogen) atoms. The van der Waals surface area contributed by atoms with Crippen molar-refractivity contribution in [2.75, 3.05) is 24.2 Å². The van der Waals surface area contributed by atoms with Gasteiger partial charge in [0.2, 0.25) is 0 Å². The Labute approximate surface area is 113 Å². The molecule has 2 nitrogen and oxygen atoms in total. The van der Waals surface area contributed by atoms with Gasteiger partial charge in [-0.25, -0.2) is 0 Å². The quantitative estimate of drug-likeness (QED) is 0.759. The maximum atomic E-state index is 9.40. The molecular formula is C15H18N2S. The average Bonchev–Trinajstić information content (AvgIpc) is 2.98. The van der Waals surface area contributed by atoms with E-state index in [1.54, 1.807) is 11.8 Å². The molecule has 0 bridgehead atoms. The van der Waals surface area contributed by atoms with Crippen LogP contribution in [0.25, 0.3) is 0 Å². The van der Waals surface area contributed by atoms with Crippen molar-refractivity contribution in [3.8, 4) is 6.07 Å². The van der Waals surface area contributed by atoms with Gasteiger partial charge >= 0.3 is 0 Å². The van der Waals surface area contributed by atoms with E-state index in [1.807, 2.05) is 12.3 Å². The van der Waals surface area contributed by atoms with Crippen molar-refractivity contribution in [2.24, 2.45) is 11.8 Å². The van der Waals surface area contributed by atoms with Crippen LogP contribution < -0.4 is 4.90 Å². The highest BCUT2D eigenvalue weighted by molar-refractivity contribution is 7.98. The number of rotatable bonds is 2. The first-order chi connectivity index (χ1) is 8.83. The van der Waals surface area contributed by atoms with Crippen LogP contribution in [0.1, 0.15) is 24.8 Å². The van der Waals surface area contributed by atoms with Gasteiger partial charge in [-0.15, -0.1) is 11.8 Å². The van der Waals surface area contributed by atoms with E-state index in [-0.39, 0.29) is 0 Å². The Kier molecular flexibility index (Phi) is 3.22. The molecule has 3 rings (SSSR count). The Morgan fingerprint density at radius 3 is 2.61 bits per heavy atom. The third-order valence-electron chi connectivity index (χ3n) is 4.40. The Morgan fingerprint density at radius 2 is 2.00 bits per heavy atom. The molecule has 2 fully saturated rings. The van der Waals surface area contributed by atoms with E-state index in [4.69, 9.17) is 0 Å². The molecule has 0 radical (unpaired) electrons. The third kappa shape index (κ3) is 1.89. The molecule has 2 aliphatic rings. The summed E-state index contributed by atoms with van der Waals surface area (Å²) in [5.74, 6) is 1.74. The highest BCUT2D eigenvalue weighted by atomic mass is 32.2. The first kappa shape index (κ1) is 11.9. The summed E-state index contributed by atoms with van der Waals surface area (Å²) in [5, 5.41) is 9.40. The highest BCUT2D eigenvalue weighted by Gasteiger charge is 2.36. The van der Waals surface area contributed by atoms with Gasteiger partial charge in [0.25, 0.3) is 0 Å². The first-order valence-corrected chi connectivity index (χ1v) is 7.88. The molecule has 0 spiro atoms. The van der Waals surface area contributed by atoms with Gasteiger partial charge in [-0.3, -0.25) is 0 Å². The topological polar surface area (TPSA) is 27.0 Å². The van der Waals surface area contributed by atoms with Crippen molar-refractivity contribution in [3.05, 3.63) is 23.8 Å². The molecule has 1 aliphatic carbocycles. The highest BCUT2D eigenvalue weighted by Crippen LogP contribution is 2.41. The van der Waals surface area contributed by atoms with Crippen LogP contribution in [0.2, 0.25) is 0 Å². The maximum Gasteiger partial charge on any atom is 0.103 e. The molecule has 3 heteroatoms. The monoisotopic (exact) mass is 258 g/mol. The summed E-state index contributed by atoms with van der Waals surface area (Å²) in [6.45, 7) is 2.30. The van der Waals surface area contributed by atoms with Crippen LogP contribution in [0.4, 0.5) is 5.69 Å².